The maximum atomic E-state index is 9.91. The van der Waals surface area contributed by atoms with Gasteiger partial charge < -0.3 is 9.52 Å². The fourth-order valence-electron chi connectivity index (χ4n) is 1.22. The summed E-state index contributed by atoms with van der Waals surface area (Å²) in [5.41, 5.74) is 0. The number of aliphatic hydroxyl groups is 1. The average Bonchev–Trinajstić information content (AvgIpc) is 2.73. The van der Waals surface area contributed by atoms with Gasteiger partial charge in [-0.1, -0.05) is 0 Å². The number of hydrogen-bond donors (Lipinski definition) is 1. The van der Waals surface area contributed by atoms with Crippen LogP contribution in [-0.2, 0) is 0 Å². The summed E-state index contributed by atoms with van der Waals surface area (Å²) in [6.07, 6.45) is -0.653. The SMILES string of the molecule is Cc1ccc(C(O)c2ccc(Br)s2)o1. The maximum absolute atomic E-state index is 9.91. The molecule has 0 aliphatic heterocycles. The highest BCUT2D eigenvalue weighted by Gasteiger charge is 2.15. The van der Waals surface area contributed by atoms with Gasteiger partial charge in [-0.25, -0.2) is 0 Å². The molecule has 0 saturated carbocycles. The van der Waals surface area contributed by atoms with Gasteiger partial charge in [0.1, 0.15) is 17.6 Å². The molecule has 4 heteroatoms. The van der Waals surface area contributed by atoms with E-state index in [9.17, 15) is 5.11 Å². The second-order valence-corrected chi connectivity index (χ2v) is 5.49. The van der Waals surface area contributed by atoms with Crippen molar-refractivity contribution in [3.63, 3.8) is 0 Å². The van der Waals surface area contributed by atoms with Gasteiger partial charge in [-0.3, -0.25) is 0 Å². The highest BCUT2D eigenvalue weighted by atomic mass is 79.9. The van der Waals surface area contributed by atoms with Gasteiger partial charge in [-0.05, 0) is 47.1 Å². The lowest BCUT2D eigenvalue weighted by atomic mass is 10.2. The summed E-state index contributed by atoms with van der Waals surface area (Å²) in [5.74, 6) is 1.41. The first-order chi connectivity index (χ1) is 6.66. The van der Waals surface area contributed by atoms with E-state index in [1.165, 1.54) is 11.3 Å². The number of halogens is 1. The van der Waals surface area contributed by atoms with Crippen molar-refractivity contribution in [2.45, 2.75) is 13.0 Å². The molecule has 2 rings (SSSR count). The minimum absolute atomic E-state index is 0.594. The molecule has 2 nitrogen and oxygen atoms in total. The van der Waals surface area contributed by atoms with Gasteiger partial charge in [0.15, 0.2) is 0 Å². The van der Waals surface area contributed by atoms with E-state index in [1.807, 2.05) is 25.1 Å². The van der Waals surface area contributed by atoms with Crippen molar-refractivity contribution in [2.24, 2.45) is 0 Å². The third kappa shape index (κ3) is 1.92. The fourth-order valence-corrected chi connectivity index (χ4v) is 2.63. The van der Waals surface area contributed by atoms with Crippen LogP contribution in [-0.4, -0.2) is 5.11 Å². The first kappa shape index (κ1) is 9.96. The van der Waals surface area contributed by atoms with E-state index < -0.39 is 6.10 Å². The van der Waals surface area contributed by atoms with Gasteiger partial charge in [-0.15, -0.1) is 11.3 Å². The zero-order valence-electron chi connectivity index (χ0n) is 7.53. The van der Waals surface area contributed by atoms with Crippen LogP contribution < -0.4 is 0 Å². The predicted molar refractivity (Wildman–Crippen MR) is 59.5 cm³/mol. The van der Waals surface area contributed by atoms with Crippen LogP contribution in [0, 0.1) is 6.92 Å². The summed E-state index contributed by atoms with van der Waals surface area (Å²) in [6.45, 7) is 1.86. The van der Waals surface area contributed by atoms with Crippen molar-refractivity contribution in [1.29, 1.82) is 0 Å². The average molecular weight is 273 g/mol. The standard InChI is InChI=1S/C10H9BrO2S/c1-6-2-3-7(13-6)10(12)8-4-5-9(11)14-8/h2-5,10,12H,1H3. The summed E-state index contributed by atoms with van der Waals surface area (Å²) < 4.78 is 6.36. The molecule has 1 unspecified atom stereocenters. The van der Waals surface area contributed by atoms with Crippen LogP contribution in [0.5, 0.6) is 0 Å². The summed E-state index contributed by atoms with van der Waals surface area (Å²) in [7, 11) is 0. The van der Waals surface area contributed by atoms with Crippen molar-refractivity contribution in [2.75, 3.05) is 0 Å². The number of hydrogen-bond acceptors (Lipinski definition) is 3. The summed E-state index contributed by atoms with van der Waals surface area (Å²) in [4.78, 5) is 0.881. The largest absolute Gasteiger partial charge is 0.463 e. The predicted octanol–water partition coefficient (Wildman–Crippen LogP) is 3.49. The van der Waals surface area contributed by atoms with Crippen LogP contribution in [0.15, 0.2) is 32.5 Å². The minimum atomic E-state index is -0.653. The minimum Gasteiger partial charge on any atom is -0.463 e. The number of rotatable bonds is 2. The first-order valence-electron chi connectivity index (χ1n) is 4.16. The van der Waals surface area contributed by atoms with Crippen LogP contribution in [0.1, 0.15) is 22.5 Å². The zero-order chi connectivity index (χ0) is 10.1. The van der Waals surface area contributed by atoms with Crippen LogP contribution in [0.4, 0.5) is 0 Å². The van der Waals surface area contributed by atoms with Crippen LogP contribution in [0.3, 0.4) is 0 Å². The Morgan fingerprint density at radius 3 is 2.64 bits per heavy atom. The number of thiophene rings is 1. The molecular formula is C10H9BrO2S. The topological polar surface area (TPSA) is 33.4 Å². The van der Waals surface area contributed by atoms with Gasteiger partial charge in [0, 0.05) is 4.88 Å². The monoisotopic (exact) mass is 272 g/mol. The lowest BCUT2D eigenvalue weighted by Crippen LogP contribution is -1.93. The number of aryl methyl sites for hydroxylation is 1. The smallest absolute Gasteiger partial charge is 0.146 e. The molecule has 0 radical (unpaired) electrons. The molecule has 0 fully saturated rings. The third-order valence-electron chi connectivity index (χ3n) is 1.89. The highest BCUT2D eigenvalue weighted by Crippen LogP contribution is 2.31. The van der Waals surface area contributed by atoms with Gasteiger partial charge in [0.2, 0.25) is 0 Å². The van der Waals surface area contributed by atoms with E-state index in [-0.39, 0.29) is 0 Å². The van der Waals surface area contributed by atoms with Gasteiger partial charge in [0.05, 0.1) is 3.79 Å². The molecule has 0 aliphatic rings. The molecule has 14 heavy (non-hydrogen) atoms. The van der Waals surface area contributed by atoms with Gasteiger partial charge >= 0.3 is 0 Å². The van der Waals surface area contributed by atoms with Gasteiger partial charge in [0.25, 0.3) is 0 Å². The first-order valence-corrected chi connectivity index (χ1v) is 5.77. The van der Waals surface area contributed by atoms with E-state index in [0.29, 0.717) is 5.76 Å². The highest BCUT2D eigenvalue weighted by molar-refractivity contribution is 9.11. The van der Waals surface area contributed by atoms with Gasteiger partial charge in [-0.2, -0.15) is 0 Å². The fraction of sp³-hybridized carbons (Fsp3) is 0.200. The molecule has 74 valence electrons. The Morgan fingerprint density at radius 2 is 2.14 bits per heavy atom. The molecule has 2 aromatic heterocycles. The molecule has 0 amide bonds. The molecule has 0 saturated heterocycles. The Balaban J connectivity index is 2.28. The summed E-state index contributed by atoms with van der Waals surface area (Å²) in [5, 5.41) is 9.91. The second-order valence-electron chi connectivity index (χ2n) is 2.99. The molecule has 0 spiro atoms. The summed E-state index contributed by atoms with van der Waals surface area (Å²) >= 11 is 4.86. The van der Waals surface area contributed by atoms with Crippen molar-refractivity contribution in [1.82, 2.24) is 0 Å². The molecule has 0 aliphatic carbocycles. The van der Waals surface area contributed by atoms with Crippen molar-refractivity contribution < 1.29 is 9.52 Å². The quantitative estimate of drug-likeness (QED) is 0.908. The van der Waals surface area contributed by atoms with Crippen molar-refractivity contribution in [3.05, 3.63) is 44.4 Å². The zero-order valence-corrected chi connectivity index (χ0v) is 9.93. The van der Waals surface area contributed by atoms with E-state index in [2.05, 4.69) is 15.9 Å². The van der Waals surface area contributed by atoms with Crippen molar-refractivity contribution in [3.8, 4) is 0 Å². The van der Waals surface area contributed by atoms with E-state index >= 15 is 0 Å². The molecule has 2 heterocycles. The normalized spacial score (nSPS) is 13.1. The van der Waals surface area contributed by atoms with E-state index in [4.69, 9.17) is 4.42 Å². The Kier molecular flexibility index (Phi) is 2.76. The Bertz CT molecular complexity index is 393. The Morgan fingerprint density at radius 1 is 1.36 bits per heavy atom. The molecule has 2 aromatic rings. The Labute approximate surface area is 94.3 Å². The van der Waals surface area contributed by atoms with E-state index in [0.717, 1.165) is 14.4 Å². The molecule has 0 aromatic carbocycles. The Hall–Kier alpha value is -0.580. The molecule has 1 N–H and O–H groups in total. The van der Waals surface area contributed by atoms with Crippen LogP contribution in [0.25, 0.3) is 0 Å². The third-order valence-corrected chi connectivity index (χ3v) is 3.57. The number of furan rings is 1. The summed E-state index contributed by atoms with van der Waals surface area (Å²) in [6, 6.07) is 7.45. The van der Waals surface area contributed by atoms with E-state index in [1.54, 1.807) is 6.07 Å². The molecule has 0 bridgehead atoms. The molecule has 1 atom stereocenters. The van der Waals surface area contributed by atoms with Crippen molar-refractivity contribution >= 4 is 27.3 Å². The van der Waals surface area contributed by atoms with Crippen LogP contribution >= 0.6 is 27.3 Å². The second kappa shape index (κ2) is 3.88. The lowest BCUT2D eigenvalue weighted by Gasteiger charge is -2.03. The number of aliphatic hydroxyl groups excluding tert-OH is 1. The lowest BCUT2D eigenvalue weighted by molar-refractivity contribution is 0.191. The maximum Gasteiger partial charge on any atom is 0.146 e. The van der Waals surface area contributed by atoms with Crippen LogP contribution in [0.2, 0.25) is 0 Å². The molecular weight excluding hydrogens is 264 g/mol.